The minimum atomic E-state index is -0.818. The maximum Gasteiger partial charge on any atom is 0.331 e. The standard InChI is InChI=1S/C11H9F2N3O/c1-7-2-3-8(12)10(9(7)13)15-11(17)16-5-4-14-6-16/h2-6H,1H3,(H,15,17). The lowest BCUT2D eigenvalue weighted by molar-refractivity contribution is 0.253. The van der Waals surface area contributed by atoms with Crippen LogP contribution in [0.2, 0.25) is 0 Å². The first kappa shape index (κ1) is 11.3. The van der Waals surface area contributed by atoms with Crippen molar-refractivity contribution in [3.63, 3.8) is 0 Å². The minimum Gasteiger partial charge on any atom is -0.302 e. The Balaban J connectivity index is 2.31. The van der Waals surface area contributed by atoms with Gasteiger partial charge in [0.25, 0.3) is 0 Å². The Hall–Kier alpha value is -2.24. The Morgan fingerprint density at radius 3 is 2.82 bits per heavy atom. The van der Waals surface area contributed by atoms with Crippen LogP contribution in [0.5, 0.6) is 0 Å². The van der Waals surface area contributed by atoms with Crippen molar-refractivity contribution < 1.29 is 13.6 Å². The molecule has 0 radical (unpaired) electrons. The first-order chi connectivity index (χ1) is 8.09. The maximum absolute atomic E-state index is 13.6. The van der Waals surface area contributed by atoms with E-state index in [9.17, 15) is 13.6 Å². The summed E-state index contributed by atoms with van der Waals surface area (Å²) in [7, 11) is 0. The van der Waals surface area contributed by atoms with Crippen molar-refractivity contribution in [3.8, 4) is 0 Å². The van der Waals surface area contributed by atoms with Crippen LogP contribution in [-0.4, -0.2) is 15.6 Å². The highest BCUT2D eigenvalue weighted by Crippen LogP contribution is 2.21. The van der Waals surface area contributed by atoms with Crippen LogP contribution in [-0.2, 0) is 0 Å². The topological polar surface area (TPSA) is 46.9 Å². The molecule has 88 valence electrons. The minimum absolute atomic E-state index is 0.257. The first-order valence-electron chi connectivity index (χ1n) is 4.83. The number of nitrogens with zero attached hydrogens (tertiary/aromatic N) is 2. The van der Waals surface area contributed by atoms with Crippen molar-refractivity contribution in [2.45, 2.75) is 6.92 Å². The number of aryl methyl sites for hydroxylation is 1. The molecule has 0 fully saturated rings. The summed E-state index contributed by atoms with van der Waals surface area (Å²) in [6, 6.07) is 1.73. The third-order valence-corrected chi connectivity index (χ3v) is 2.26. The number of halogens is 2. The van der Waals surface area contributed by atoms with Gasteiger partial charge in [-0.3, -0.25) is 4.57 Å². The van der Waals surface area contributed by atoms with Crippen LogP contribution in [0.1, 0.15) is 5.56 Å². The van der Waals surface area contributed by atoms with Crippen molar-refractivity contribution in [2.24, 2.45) is 0 Å². The zero-order chi connectivity index (χ0) is 12.4. The van der Waals surface area contributed by atoms with Gasteiger partial charge in [0, 0.05) is 12.4 Å². The van der Waals surface area contributed by atoms with E-state index < -0.39 is 23.4 Å². The Bertz CT molecular complexity index is 552. The second-order valence-corrected chi connectivity index (χ2v) is 3.45. The molecule has 1 N–H and O–H groups in total. The molecule has 4 nitrogen and oxygen atoms in total. The quantitative estimate of drug-likeness (QED) is 0.828. The molecule has 0 aliphatic heterocycles. The number of hydrogen-bond donors (Lipinski definition) is 1. The van der Waals surface area contributed by atoms with Gasteiger partial charge < -0.3 is 5.32 Å². The van der Waals surface area contributed by atoms with Gasteiger partial charge in [0.1, 0.15) is 17.8 Å². The van der Waals surface area contributed by atoms with Gasteiger partial charge in [0.2, 0.25) is 0 Å². The van der Waals surface area contributed by atoms with E-state index in [1.807, 2.05) is 0 Å². The number of amides is 1. The fraction of sp³-hybridized carbons (Fsp3) is 0.0909. The van der Waals surface area contributed by atoms with Crippen LogP contribution in [0.4, 0.5) is 19.3 Å². The van der Waals surface area contributed by atoms with E-state index in [1.54, 1.807) is 0 Å². The number of carbonyl (C=O) groups is 1. The molecule has 0 atom stereocenters. The molecule has 17 heavy (non-hydrogen) atoms. The molecule has 0 aliphatic carbocycles. The predicted molar refractivity (Wildman–Crippen MR) is 57.7 cm³/mol. The van der Waals surface area contributed by atoms with Gasteiger partial charge in [-0.1, -0.05) is 6.07 Å². The van der Waals surface area contributed by atoms with E-state index in [0.717, 1.165) is 10.6 Å². The molecule has 1 aromatic heterocycles. The molecular formula is C11H9F2N3O. The number of nitrogens with one attached hydrogen (secondary N) is 1. The second kappa shape index (κ2) is 4.32. The number of benzene rings is 1. The van der Waals surface area contributed by atoms with Crippen LogP contribution >= 0.6 is 0 Å². The number of imidazole rings is 1. The van der Waals surface area contributed by atoms with E-state index in [0.29, 0.717) is 0 Å². The van der Waals surface area contributed by atoms with Gasteiger partial charge in [-0.15, -0.1) is 0 Å². The lowest BCUT2D eigenvalue weighted by Crippen LogP contribution is -2.19. The van der Waals surface area contributed by atoms with Crippen LogP contribution in [0.3, 0.4) is 0 Å². The van der Waals surface area contributed by atoms with Gasteiger partial charge in [-0.05, 0) is 18.6 Å². The summed E-state index contributed by atoms with van der Waals surface area (Å²) in [4.78, 5) is 15.2. The molecule has 2 rings (SSSR count). The fourth-order valence-electron chi connectivity index (χ4n) is 1.32. The Kier molecular flexibility index (Phi) is 2.86. The fourth-order valence-corrected chi connectivity index (χ4v) is 1.32. The first-order valence-corrected chi connectivity index (χ1v) is 4.83. The molecule has 0 aliphatic rings. The zero-order valence-corrected chi connectivity index (χ0v) is 8.95. The number of anilines is 1. The van der Waals surface area contributed by atoms with Crippen molar-refractivity contribution in [3.05, 3.63) is 48.1 Å². The number of rotatable bonds is 1. The van der Waals surface area contributed by atoms with E-state index in [2.05, 4.69) is 10.3 Å². The van der Waals surface area contributed by atoms with Gasteiger partial charge in [0.15, 0.2) is 5.82 Å². The van der Waals surface area contributed by atoms with Crippen molar-refractivity contribution >= 4 is 11.7 Å². The van der Waals surface area contributed by atoms with Crippen molar-refractivity contribution in [1.82, 2.24) is 9.55 Å². The molecule has 0 bridgehead atoms. The van der Waals surface area contributed by atoms with Crippen LogP contribution in [0.15, 0.2) is 30.9 Å². The molecule has 2 aromatic rings. The highest BCUT2D eigenvalue weighted by atomic mass is 19.1. The zero-order valence-electron chi connectivity index (χ0n) is 8.95. The number of carbonyl (C=O) groups excluding carboxylic acids is 1. The predicted octanol–water partition coefficient (Wildman–Crippen LogP) is 2.55. The Labute approximate surface area is 95.9 Å². The Morgan fingerprint density at radius 1 is 1.41 bits per heavy atom. The molecule has 0 unspecified atom stereocenters. The average molecular weight is 237 g/mol. The molecule has 1 aromatic carbocycles. The normalized spacial score (nSPS) is 10.3. The number of aromatic nitrogens is 2. The monoisotopic (exact) mass is 237 g/mol. The summed E-state index contributed by atoms with van der Waals surface area (Å²) in [6.45, 7) is 1.49. The average Bonchev–Trinajstić information content (AvgIpc) is 2.83. The largest absolute Gasteiger partial charge is 0.331 e. The highest BCUT2D eigenvalue weighted by Gasteiger charge is 2.14. The summed E-state index contributed by atoms with van der Waals surface area (Å²) in [5, 5.41) is 2.16. The molecule has 6 heteroatoms. The van der Waals surface area contributed by atoms with Crippen LogP contribution in [0.25, 0.3) is 0 Å². The van der Waals surface area contributed by atoms with Gasteiger partial charge in [-0.2, -0.15) is 0 Å². The molecule has 1 heterocycles. The van der Waals surface area contributed by atoms with Gasteiger partial charge in [0.05, 0.1) is 0 Å². The smallest absolute Gasteiger partial charge is 0.302 e. The molecule has 0 saturated heterocycles. The van der Waals surface area contributed by atoms with E-state index in [4.69, 9.17) is 0 Å². The second-order valence-electron chi connectivity index (χ2n) is 3.45. The lowest BCUT2D eigenvalue weighted by Gasteiger charge is -2.09. The van der Waals surface area contributed by atoms with E-state index >= 15 is 0 Å². The van der Waals surface area contributed by atoms with Crippen LogP contribution < -0.4 is 5.32 Å². The SMILES string of the molecule is Cc1ccc(F)c(NC(=O)n2ccnc2)c1F. The lowest BCUT2D eigenvalue weighted by atomic mass is 10.2. The van der Waals surface area contributed by atoms with E-state index in [-0.39, 0.29) is 5.56 Å². The third-order valence-electron chi connectivity index (χ3n) is 2.26. The summed E-state index contributed by atoms with van der Waals surface area (Å²) in [5.74, 6) is -1.60. The summed E-state index contributed by atoms with van der Waals surface area (Å²) < 4.78 is 28.0. The summed E-state index contributed by atoms with van der Waals surface area (Å²) >= 11 is 0. The van der Waals surface area contributed by atoms with Gasteiger partial charge >= 0.3 is 6.03 Å². The van der Waals surface area contributed by atoms with E-state index in [1.165, 1.54) is 31.7 Å². The summed E-state index contributed by atoms with van der Waals surface area (Å²) in [6.07, 6.45) is 4.00. The molecule has 0 saturated carbocycles. The molecular weight excluding hydrogens is 228 g/mol. The molecule has 0 spiro atoms. The third kappa shape index (κ3) is 2.15. The van der Waals surface area contributed by atoms with Crippen LogP contribution in [0, 0.1) is 18.6 Å². The molecule has 1 amide bonds. The number of hydrogen-bond acceptors (Lipinski definition) is 2. The van der Waals surface area contributed by atoms with Crippen molar-refractivity contribution in [2.75, 3.05) is 5.32 Å². The van der Waals surface area contributed by atoms with Crippen molar-refractivity contribution in [1.29, 1.82) is 0 Å². The summed E-state index contributed by atoms with van der Waals surface area (Å²) in [5.41, 5.74) is -0.198. The van der Waals surface area contributed by atoms with Gasteiger partial charge in [-0.25, -0.2) is 18.6 Å². The maximum atomic E-state index is 13.6. The highest BCUT2D eigenvalue weighted by molar-refractivity contribution is 5.91. The Morgan fingerprint density at radius 2 is 2.18 bits per heavy atom.